The lowest BCUT2D eigenvalue weighted by molar-refractivity contribution is -0.116. The first-order valence-electron chi connectivity index (χ1n) is 9.81. The first kappa shape index (κ1) is 19.5. The molecule has 1 aromatic rings. The van der Waals surface area contributed by atoms with Gasteiger partial charge in [-0.3, -0.25) is 19.1 Å². The third-order valence-electron chi connectivity index (χ3n) is 4.35. The van der Waals surface area contributed by atoms with E-state index in [1.807, 2.05) is 0 Å². The highest BCUT2D eigenvalue weighted by Crippen LogP contribution is 2.27. The molecule has 0 spiro atoms. The monoisotopic (exact) mass is 381 g/mol. The van der Waals surface area contributed by atoms with Gasteiger partial charge in [0.25, 0.3) is 5.56 Å². The Labute approximate surface area is 158 Å². The van der Waals surface area contributed by atoms with Gasteiger partial charge in [0.2, 0.25) is 5.91 Å². The zero-order valence-electron chi connectivity index (χ0n) is 16.2. The van der Waals surface area contributed by atoms with E-state index in [0.29, 0.717) is 13.1 Å². The standard InChI is InChI=1S/C18H28N4O5/c1-12-14(23)10-16(27-12)22-11-13(17(25)21-18(22)26)6-7-15(24)20-9-5-3-2-4-8-19/h6-7,11-12,14,16,23H,2-5,8-10,19H2,1H3,(H,20,24)(H,21,25,26)/b7-6+/t12-,14-,16-/m1/s1/i1D. The van der Waals surface area contributed by atoms with Crippen LogP contribution in [-0.4, -0.2) is 45.9 Å². The summed E-state index contributed by atoms with van der Waals surface area (Å²) in [5.74, 6) is -0.335. The summed E-state index contributed by atoms with van der Waals surface area (Å²) in [4.78, 5) is 38.1. The fourth-order valence-corrected chi connectivity index (χ4v) is 2.78. The number of nitrogens with zero attached hydrogens (tertiary/aromatic N) is 1. The van der Waals surface area contributed by atoms with Crippen molar-refractivity contribution in [1.82, 2.24) is 14.9 Å². The topological polar surface area (TPSA) is 139 Å². The van der Waals surface area contributed by atoms with Gasteiger partial charge in [0, 0.05) is 26.6 Å². The number of aromatic amines is 1. The van der Waals surface area contributed by atoms with Crippen molar-refractivity contribution in [2.24, 2.45) is 5.73 Å². The molecule has 9 nitrogen and oxygen atoms in total. The van der Waals surface area contributed by atoms with E-state index in [2.05, 4.69) is 10.3 Å². The Morgan fingerprint density at radius 2 is 2.26 bits per heavy atom. The largest absolute Gasteiger partial charge is 0.390 e. The van der Waals surface area contributed by atoms with Crippen LogP contribution in [0.3, 0.4) is 0 Å². The smallest absolute Gasteiger partial charge is 0.330 e. The SMILES string of the molecule is [2H]C[C@H]1O[C@@H](n2cc(/C=C/C(=O)NCCCCCCN)c(=O)[nH]c2=O)C[C@H]1O. The quantitative estimate of drug-likeness (QED) is 0.347. The maximum Gasteiger partial charge on any atom is 0.330 e. The molecule has 0 radical (unpaired) electrons. The normalized spacial score (nSPS) is 22.9. The van der Waals surface area contributed by atoms with Gasteiger partial charge in [-0.05, 0) is 32.4 Å². The minimum atomic E-state index is -0.851. The van der Waals surface area contributed by atoms with Crippen LogP contribution < -0.4 is 22.3 Å². The predicted molar refractivity (Wildman–Crippen MR) is 101 cm³/mol. The van der Waals surface area contributed by atoms with E-state index in [4.69, 9.17) is 11.8 Å². The molecule has 1 saturated heterocycles. The molecule has 2 heterocycles. The van der Waals surface area contributed by atoms with E-state index in [9.17, 15) is 19.5 Å². The van der Waals surface area contributed by atoms with Crippen molar-refractivity contribution in [2.45, 2.75) is 57.4 Å². The Morgan fingerprint density at radius 3 is 2.96 bits per heavy atom. The number of hydrogen-bond donors (Lipinski definition) is 4. The number of hydrogen-bond acceptors (Lipinski definition) is 6. The van der Waals surface area contributed by atoms with E-state index < -0.39 is 29.7 Å². The zero-order chi connectivity index (χ0) is 20.5. The number of aliphatic hydroxyl groups is 1. The molecule has 0 saturated carbocycles. The van der Waals surface area contributed by atoms with Crippen LogP contribution in [0.25, 0.3) is 6.08 Å². The Bertz CT molecular complexity index is 791. The summed E-state index contributed by atoms with van der Waals surface area (Å²) in [7, 11) is 0. The molecule has 150 valence electrons. The molecule has 0 bridgehead atoms. The fraction of sp³-hybridized carbons (Fsp3) is 0.611. The Hall–Kier alpha value is -2.23. The summed E-state index contributed by atoms with van der Waals surface area (Å²) in [5.41, 5.74) is 4.24. The van der Waals surface area contributed by atoms with Crippen molar-refractivity contribution in [2.75, 3.05) is 13.1 Å². The summed E-state index contributed by atoms with van der Waals surface area (Å²) in [6, 6.07) is 0. The summed E-state index contributed by atoms with van der Waals surface area (Å²) in [6.07, 6.45) is 5.52. The van der Waals surface area contributed by atoms with Gasteiger partial charge in [-0.2, -0.15) is 0 Å². The van der Waals surface area contributed by atoms with Crippen LogP contribution in [-0.2, 0) is 9.53 Å². The van der Waals surface area contributed by atoms with Crippen LogP contribution in [0.2, 0.25) is 0 Å². The third-order valence-corrected chi connectivity index (χ3v) is 4.35. The second-order valence-electron chi connectivity index (χ2n) is 6.51. The molecule has 3 atom stereocenters. The van der Waals surface area contributed by atoms with Gasteiger partial charge in [0.05, 0.1) is 17.8 Å². The predicted octanol–water partition coefficient (Wildman–Crippen LogP) is -0.147. The summed E-state index contributed by atoms with van der Waals surface area (Å²) < 4.78 is 14.0. The number of ether oxygens (including phenoxy) is 1. The molecule has 1 aromatic heterocycles. The fourth-order valence-electron chi connectivity index (χ4n) is 2.78. The van der Waals surface area contributed by atoms with E-state index in [0.717, 1.165) is 30.3 Å². The van der Waals surface area contributed by atoms with Gasteiger partial charge in [-0.25, -0.2) is 4.79 Å². The van der Waals surface area contributed by atoms with Gasteiger partial charge in [0.15, 0.2) is 0 Å². The van der Waals surface area contributed by atoms with Crippen molar-refractivity contribution in [3.63, 3.8) is 0 Å². The number of aromatic nitrogens is 2. The number of amides is 1. The highest BCUT2D eigenvalue weighted by Gasteiger charge is 2.32. The minimum absolute atomic E-state index is 0.116. The zero-order valence-corrected chi connectivity index (χ0v) is 15.2. The second kappa shape index (κ2) is 10.2. The van der Waals surface area contributed by atoms with Crippen molar-refractivity contribution in [3.8, 4) is 0 Å². The molecule has 1 aliphatic rings. The van der Waals surface area contributed by atoms with Gasteiger partial charge < -0.3 is 20.9 Å². The number of unbranched alkanes of at least 4 members (excludes halogenated alkanes) is 3. The molecule has 0 aliphatic carbocycles. The van der Waals surface area contributed by atoms with Gasteiger partial charge in [-0.15, -0.1) is 0 Å². The second-order valence-corrected chi connectivity index (χ2v) is 6.51. The average molecular weight is 381 g/mol. The molecule has 27 heavy (non-hydrogen) atoms. The number of nitrogens with one attached hydrogen (secondary N) is 2. The highest BCUT2D eigenvalue weighted by atomic mass is 16.5. The summed E-state index contributed by atoms with van der Waals surface area (Å²) in [5, 5.41) is 12.6. The molecule has 0 aromatic carbocycles. The Balaban J connectivity index is 1.98. The lowest BCUT2D eigenvalue weighted by Gasteiger charge is -2.13. The molecule has 0 unspecified atom stereocenters. The molecular weight excluding hydrogens is 352 g/mol. The van der Waals surface area contributed by atoms with E-state index >= 15 is 0 Å². The molecule has 1 fully saturated rings. The maximum atomic E-state index is 12.1. The third kappa shape index (κ3) is 6.16. The van der Waals surface area contributed by atoms with Crippen LogP contribution in [0.4, 0.5) is 0 Å². The van der Waals surface area contributed by atoms with Gasteiger partial charge in [0.1, 0.15) is 6.23 Å². The van der Waals surface area contributed by atoms with Gasteiger partial charge >= 0.3 is 5.69 Å². The van der Waals surface area contributed by atoms with E-state index in [-0.39, 0.29) is 24.8 Å². The van der Waals surface area contributed by atoms with Crippen LogP contribution in [0.1, 0.15) is 52.2 Å². The first-order chi connectivity index (χ1) is 13.5. The van der Waals surface area contributed by atoms with Crippen LogP contribution in [0.15, 0.2) is 21.9 Å². The Kier molecular flexibility index (Phi) is 7.37. The lowest BCUT2D eigenvalue weighted by atomic mass is 10.2. The molecular formula is C18H28N4O5. The lowest BCUT2D eigenvalue weighted by Crippen LogP contribution is -2.33. The number of nitrogens with two attached hydrogens (primary N) is 1. The van der Waals surface area contributed by atoms with Crippen LogP contribution >= 0.6 is 0 Å². The van der Waals surface area contributed by atoms with Crippen LogP contribution in [0, 0.1) is 0 Å². The molecule has 1 amide bonds. The Morgan fingerprint density at radius 1 is 1.48 bits per heavy atom. The van der Waals surface area contributed by atoms with E-state index in [1.165, 1.54) is 18.3 Å². The molecule has 5 N–H and O–H groups in total. The van der Waals surface area contributed by atoms with Gasteiger partial charge in [-0.1, -0.05) is 12.8 Å². The van der Waals surface area contributed by atoms with Crippen molar-refractivity contribution >= 4 is 12.0 Å². The highest BCUT2D eigenvalue weighted by molar-refractivity contribution is 5.91. The number of carbonyl (C=O) groups is 1. The number of rotatable bonds is 9. The molecule has 2 rings (SSSR count). The molecule has 9 heteroatoms. The number of aliphatic hydroxyl groups excluding tert-OH is 1. The molecule has 1 aliphatic heterocycles. The number of H-pyrrole nitrogens is 1. The van der Waals surface area contributed by atoms with Crippen LogP contribution in [0.5, 0.6) is 0 Å². The van der Waals surface area contributed by atoms with Crippen molar-refractivity contribution < 1.29 is 16.0 Å². The maximum absolute atomic E-state index is 12.1. The van der Waals surface area contributed by atoms with Crippen molar-refractivity contribution in [3.05, 3.63) is 38.7 Å². The van der Waals surface area contributed by atoms with Crippen molar-refractivity contribution in [1.29, 1.82) is 0 Å². The summed E-state index contributed by atoms with van der Waals surface area (Å²) >= 11 is 0. The number of carbonyl (C=O) groups excluding carboxylic acids is 1. The first-order valence-corrected chi connectivity index (χ1v) is 9.10. The minimum Gasteiger partial charge on any atom is -0.390 e. The summed E-state index contributed by atoms with van der Waals surface area (Å²) in [6.45, 7) is 1.07. The average Bonchev–Trinajstić information content (AvgIpc) is 3.04. The van der Waals surface area contributed by atoms with E-state index in [1.54, 1.807) is 0 Å².